The number of aryl methyl sites for hydroxylation is 1. The van der Waals surface area contributed by atoms with E-state index in [9.17, 15) is 9.59 Å². The molecule has 2 N–H and O–H groups in total. The van der Waals surface area contributed by atoms with E-state index in [2.05, 4.69) is 17.3 Å². The third-order valence-electron chi connectivity index (χ3n) is 1.00. The van der Waals surface area contributed by atoms with E-state index >= 15 is 0 Å². The molecule has 0 aromatic carbocycles. The Morgan fingerprint density at radius 3 is 2.45 bits per heavy atom. The van der Waals surface area contributed by atoms with Crippen molar-refractivity contribution in [2.24, 2.45) is 7.05 Å². The molecule has 1 rings (SSSR count). The first kappa shape index (κ1) is 10.8. The van der Waals surface area contributed by atoms with Gasteiger partial charge in [0.15, 0.2) is 4.64 Å². The predicted octanol–water partition coefficient (Wildman–Crippen LogP) is -1.25. The molecule has 0 spiro atoms. The van der Waals surface area contributed by atoms with Crippen molar-refractivity contribution in [3.05, 3.63) is 25.5 Å². The van der Waals surface area contributed by atoms with E-state index < -0.39 is 11.2 Å². The fraction of sp³-hybridized carbons (Fsp3) is 0.250. The van der Waals surface area contributed by atoms with E-state index in [0.29, 0.717) is 0 Å². The summed E-state index contributed by atoms with van der Waals surface area (Å²) in [5, 5.41) is 2.38. The van der Waals surface area contributed by atoms with Gasteiger partial charge in [-0.05, 0) is 0 Å². The Hall–Kier alpha value is -0.170. The molecule has 55 valence electrons. The Morgan fingerprint density at radius 2 is 2.00 bits per heavy atom. The Kier molecular flexibility index (Phi) is 3.95. The second-order valence-corrected chi connectivity index (χ2v) is 2.17. The maximum absolute atomic E-state index is 10.6. The molecule has 7 heteroatoms. The molecule has 11 heavy (non-hydrogen) atoms. The molecule has 1 aromatic heterocycles. The van der Waals surface area contributed by atoms with E-state index in [-0.39, 0.29) is 34.2 Å². The van der Waals surface area contributed by atoms with Gasteiger partial charge in [0.1, 0.15) is 0 Å². The number of nitrogens with zero attached hydrogens (tertiary/aromatic N) is 1. The molecule has 0 fully saturated rings. The zero-order chi connectivity index (χ0) is 7.72. The minimum Gasteiger partial charge on any atom is -0.280 e. The zero-order valence-electron chi connectivity index (χ0n) is 6.17. The van der Waals surface area contributed by atoms with Crippen molar-refractivity contribution in [1.29, 1.82) is 0 Å². The van der Waals surface area contributed by atoms with Crippen LogP contribution >= 0.6 is 12.2 Å². The summed E-state index contributed by atoms with van der Waals surface area (Å²) >= 11 is 4.54. The standard InChI is InChI=1S/C4H5N3O2S.Na/c1-7-4(9)5-2(8)3(10)6-7;/h1H3,(H,6,10)(H,5,8,9);. The average molecular weight is 182 g/mol. The molecule has 1 heterocycles. The van der Waals surface area contributed by atoms with Crippen LogP contribution in [0.5, 0.6) is 0 Å². The van der Waals surface area contributed by atoms with Gasteiger partial charge in [0, 0.05) is 36.6 Å². The summed E-state index contributed by atoms with van der Waals surface area (Å²) in [6.07, 6.45) is 0. The number of rotatable bonds is 0. The van der Waals surface area contributed by atoms with Crippen LogP contribution in [0.15, 0.2) is 9.59 Å². The van der Waals surface area contributed by atoms with E-state index in [1.54, 1.807) is 0 Å². The minimum atomic E-state index is -0.557. The molecular weight excluding hydrogens is 177 g/mol. The summed E-state index contributed by atoms with van der Waals surface area (Å²) in [5.41, 5.74) is -1.06. The van der Waals surface area contributed by atoms with Crippen LogP contribution in [0.25, 0.3) is 0 Å². The number of hydrogen-bond donors (Lipinski definition) is 2. The maximum atomic E-state index is 10.6. The molecule has 0 unspecified atom stereocenters. The van der Waals surface area contributed by atoms with Gasteiger partial charge in [0.05, 0.1) is 0 Å². The van der Waals surface area contributed by atoms with Crippen LogP contribution in [0.3, 0.4) is 0 Å². The van der Waals surface area contributed by atoms with Gasteiger partial charge < -0.3 is 0 Å². The molecule has 1 radical (unpaired) electrons. The summed E-state index contributed by atoms with van der Waals surface area (Å²) in [7, 11) is 1.47. The molecule has 0 bridgehead atoms. The van der Waals surface area contributed by atoms with Crippen LogP contribution in [-0.2, 0) is 7.05 Å². The number of hydrogen-bond acceptors (Lipinski definition) is 3. The van der Waals surface area contributed by atoms with Crippen LogP contribution in [0.2, 0.25) is 0 Å². The summed E-state index contributed by atoms with van der Waals surface area (Å²) in [6, 6.07) is 0. The predicted molar refractivity (Wildman–Crippen MR) is 43.2 cm³/mol. The van der Waals surface area contributed by atoms with Crippen LogP contribution in [-0.4, -0.2) is 44.3 Å². The molecule has 0 saturated heterocycles. The third kappa shape index (κ3) is 2.41. The molecule has 0 amide bonds. The molecule has 0 atom stereocenters. The first-order valence-electron chi connectivity index (χ1n) is 2.51. The maximum Gasteiger partial charge on any atom is 0.342 e. The van der Waals surface area contributed by atoms with E-state index in [1.165, 1.54) is 7.05 Å². The molecule has 1 aromatic rings. The van der Waals surface area contributed by atoms with Crippen LogP contribution in [0.4, 0.5) is 0 Å². The van der Waals surface area contributed by atoms with Gasteiger partial charge in [-0.3, -0.25) is 14.9 Å². The Bertz CT molecular complexity index is 403. The molecule has 5 nitrogen and oxygen atoms in total. The molecular formula is C4H5N3NaO2S. The van der Waals surface area contributed by atoms with Crippen molar-refractivity contribution in [2.45, 2.75) is 0 Å². The number of aromatic amines is 2. The molecule has 0 aliphatic carbocycles. The van der Waals surface area contributed by atoms with Crippen molar-refractivity contribution in [2.75, 3.05) is 0 Å². The smallest absolute Gasteiger partial charge is 0.280 e. The Balaban J connectivity index is 0.000001000. The van der Waals surface area contributed by atoms with Crippen molar-refractivity contribution in [3.8, 4) is 0 Å². The molecule has 0 aliphatic rings. The Morgan fingerprint density at radius 1 is 1.45 bits per heavy atom. The van der Waals surface area contributed by atoms with Gasteiger partial charge >= 0.3 is 5.69 Å². The second-order valence-electron chi connectivity index (χ2n) is 1.76. The van der Waals surface area contributed by atoms with E-state index in [0.717, 1.165) is 4.68 Å². The van der Waals surface area contributed by atoms with Crippen LogP contribution < -0.4 is 11.2 Å². The third-order valence-corrected chi connectivity index (χ3v) is 1.28. The quantitative estimate of drug-likeness (QED) is 0.389. The second kappa shape index (κ2) is 4.01. The summed E-state index contributed by atoms with van der Waals surface area (Å²) < 4.78 is 1.10. The fourth-order valence-electron chi connectivity index (χ4n) is 0.492. The minimum absolute atomic E-state index is 0. The number of nitrogens with one attached hydrogen (secondary N) is 2. The first-order chi connectivity index (χ1) is 4.61. The van der Waals surface area contributed by atoms with Crippen molar-refractivity contribution in [3.63, 3.8) is 0 Å². The summed E-state index contributed by atoms with van der Waals surface area (Å²) in [6.45, 7) is 0. The van der Waals surface area contributed by atoms with Gasteiger partial charge in [-0.25, -0.2) is 9.48 Å². The van der Waals surface area contributed by atoms with Gasteiger partial charge in [-0.15, -0.1) is 0 Å². The first-order valence-corrected chi connectivity index (χ1v) is 2.92. The summed E-state index contributed by atoms with van der Waals surface area (Å²) in [5.74, 6) is 0. The SMILES string of the molecule is Cn1[nH]c(=S)c(=O)[nH]c1=O.[Na]. The topological polar surface area (TPSA) is 70.7 Å². The molecule has 0 aliphatic heterocycles. The van der Waals surface area contributed by atoms with Gasteiger partial charge in [0.25, 0.3) is 5.56 Å². The van der Waals surface area contributed by atoms with E-state index in [4.69, 9.17) is 0 Å². The number of aromatic nitrogens is 3. The van der Waals surface area contributed by atoms with Crippen molar-refractivity contribution in [1.82, 2.24) is 14.8 Å². The van der Waals surface area contributed by atoms with Crippen molar-refractivity contribution < 1.29 is 0 Å². The van der Waals surface area contributed by atoms with Crippen molar-refractivity contribution >= 4 is 41.8 Å². The zero-order valence-corrected chi connectivity index (χ0v) is 8.99. The van der Waals surface area contributed by atoms with Crippen LogP contribution in [0, 0.1) is 4.64 Å². The van der Waals surface area contributed by atoms with Gasteiger partial charge in [0.2, 0.25) is 0 Å². The van der Waals surface area contributed by atoms with Gasteiger partial charge in [-0.1, -0.05) is 12.2 Å². The summed E-state index contributed by atoms with van der Waals surface area (Å²) in [4.78, 5) is 23.2. The fourth-order valence-corrected chi connectivity index (χ4v) is 0.680. The molecule has 0 saturated carbocycles. The van der Waals surface area contributed by atoms with Crippen LogP contribution in [0.1, 0.15) is 0 Å². The largest absolute Gasteiger partial charge is 0.342 e. The van der Waals surface area contributed by atoms with Gasteiger partial charge in [-0.2, -0.15) is 0 Å². The Labute approximate surface area is 88.7 Å². The number of H-pyrrole nitrogens is 2. The monoisotopic (exact) mass is 182 g/mol. The normalized spacial score (nSPS) is 8.82. The van der Waals surface area contributed by atoms with E-state index in [1.807, 2.05) is 4.98 Å². The average Bonchev–Trinajstić information content (AvgIpc) is 1.84.